The fourth-order valence-corrected chi connectivity index (χ4v) is 16.5. The fraction of sp³-hybridized carbons (Fsp3) is 0.783. The summed E-state index contributed by atoms with van der Waals surface area (Å²) in [7, 11) is 0. The first-order valence-electron chi connectivity index (χ1n) is 21.1. The molecule has 0 aromatic heterocycles. The van der Waals surface area contributed by atoms with Gasteiger partial charge in [0.1, 0.15) is 5.78 Å². The van der Waals surface area contributed by atoms with Crippen molar-refractivity contribution in [3.63, 3.8) is 0 Å². The largest absolute Gasteiger partial charge is 0.465 e. The van der Waals surface area contributed by atoms with Crippen LogP contribution in [0.4, 0.5) is 0 Å². The minimum absolute atomic E-state index is 0.0119. The van der Waals surface area contributed by atoms with E-state index in [1.54, 1.807) is 6.08 Å². The summed E-state index contributed by atoms with van der Waals surface area (Å²) < 4.78 is 5.50. The van der Waals surface area contributed by atoms with E-state index < -0.39 is 0 Å². The Morgan fingerprint density at radius 3 is 2.10 bits per heavy atom. The van der Waals surface area contributed by atoms with E-state index in [0.29, 0.717) is 53.7 Å². The SMILES string of the molecule is CC1CC2=CC(=O)CC[C@@]2(C)[C@H]2CC[C@]3(C)C(CC[C@@]34CCOC4=O)C12.C[C@@]12C=CC(=O)C=C1CCC1C3CC[C@@]4(CCCC4=O)[C@]3(C)CC[C@@H]12. The molecule has 1 aliphatic heterocycles. The van der Waals surface area contributed by atoms with Crippen molar-refractivity contribution in [2.45, 2.75) is 144 Å². The predicted octanol–water partition coefficient (Wildman–Crippen LogP) is 9.73. The van der Waals surface area contributed by atoms with Crippen LogP contribution in [0.15, 0.2) is 35.5 Å². The third-order valence-corrected chi connectivity index (χ3v) is 19.3. The lowest BCUT2D eigenvalue weighted by Crippen LogP contribution is -2.55. The molecule has 0 aromatic rings. The number of carbonyl (C=O) groups excluding carboxylic acids is 4. The number of rotatable bonds is 0. The molecule has 8 fully saturated rings. The summed E-state index contributed by atoms with van der Waals surface area (Å²) in [4.78, 5) is 49.5. The van der Waals surface area contributed by atoms with Gasteiger partial charge in [0.2, 0.25) is 0 Å². The third kappa shape index (κ3) is 4.39. The van der Waals surface area contributed by atoms with Crippen LogP contribution in [0, 0.1) is 73.9 Å². The maximum absolute atomic E-state index is 12.9. The smallest absolute Gasteiger partial charge is 0.312 e. The van der Waals surface area contributed by atoms with E-state index in [1.807, 2.05) is 12.2 Å². The van der Waals surface area contributed by atoms with Gasteiger partial charge in [0.25, 0.3) is 0 Å². The summed E-state index contributed by atoms with van der Waals surface area (Å²) in [5.74, 6) is 5.89. The van der Waals surface area contributed by atoms with Crippen LogP contribution in [-0.4, -0.2) is 29.9 Å². The van der Waals surface area contributed by atoms with E-state index in [-0.39, 0.29) is 44.2 Å². The Kier molecular flexibility index (Phi) is 7.68. The minimum Gasteiger partial charge on any atom is -0.465 e. The number of carbonyl (C=O) groups is 4. The van der Waals surface area contributed by atoms with Crippen LogP contribution in [0.3, 0.4) is 0 Å². The topological polar surface area (TPSA) is 77.5 Å². The van der Waals surface area contributed by atoms with Gasteiger partial charge in [-0.2, -0.15) is 0 Å². The Morgan fingerprint density at radius 1 is 0.667 bits per heavy atom. The molecular weight excluding hydrogens is 633 g/mol. The number of fused-ring (bicyclic) bond motifs is 12. The van der Waals surface area contributed by atoms with Gasteiger partial charge in [0.15, 0.2) is 11.6 Å². The monoisotopic (exact) mass is 694 g/mol. The average molecular weight is 695 g/mol. The number of Topliss-reactive ketones (excluding diaryl/α,β-unsaturated/α-hetero) is 1. The second-order valence-electron chi connectivity index (χ2n) is 20.4. The van der Waals surface area contributed by atoms with Crippen LogP contribution in [0.1, 0.15) is 144 Å². The third-order valence-electron chi connectivity index (χ3n) is 19.3. The van der Waals surface area contributed by atoms with Crippen LogP contribution < -0.4 is 0 Å². The quantitative estimate of drug-likeness (QED) is 0.236. The van der Waals surface area contributed by atoms with Crippen LogP contribution in [0.25, 0.3) is 0 Å². The Hall–Kier alpha value is -2.30. The fourth-order valence-electron chi connectivity index (χ4n) is 16.5. The maximum atomic E-state index is 12.9. The average Bonchev–Trinajstić information content (AvgIpc) is 3.84. The number of hydrogen-bond acceptors (Lipinski definition) is 5. The summed E-state index contributed by atoms with van der Waals surface area (Å²) in [6.45, 7) is 12.7. The Bertz CT molecular complexity index is 1670. The number of allylic oxidation sites excluding steroid dienone is 5. The lowest BCUT2D eigenvalue weighted by atomic mass is 9.43. The van der Waals surface area contributed by atoms with Gasteiger partial charge in [-0.05, 0) is 172 Å². The molecule has 0 aromatic carbocycles. The van der Waals surface area contributed by atoms with E-state index >= 15 is 0 Å². The second-order valence-corrected chi connectivity index (χ2v) is 20.4. The van der Waals surface area contributed by atoms with Gasteiger partial charge in [0.05, 0.1) is 12.0 Å². The highest BCUT2D eigenvalue weighted by molar-refractivity contribution is 6.01. The van der Waals surface area contributed by atoms with Gasteiger partial charge < -0.3 is 4.74 Å². The molecule has 7 saturated carbocycles. The minimum atomic E-state index is -0.206. The Morgan fingerprint density at radius 2 is 1.37 bits per heavy atom. The van der Waals surface area contributed by atoms with Gasteiger partial charge in [-0.3, -0.25) is 19.2 Å². The van der Waals surface area contributed by atoms with E-state index in [0.717, 1.165) is 76.5 Å². The van der Waals surface area contributed by atoms with Crippen molar-refractivity contribution in [2.24, 2.45) is 73.9 Å². The van der Waals surface area contributed by atoms with E-state index in [1.165, 1.54) is 49.7 Å². The molecule has 10 rings (SSSR count). The highest BCUT2D eigenvalue weighted by Crippen LogP contribution is 2.74. The second kappa shape index (κ2) is 11.4. The van der Waals surface area contributed by atoms with Gasteiger partial charge in [-0.25, -0.2) is 0 Å². The lowest BCUT2D eigenvalue weighted by molar-refractivity contribution is -0.158. The summed E-state index contributed by atoms with van der Waals surface area (Å²) in [5, 5.41) is 0. The highest BCUT2D eigenvalue weighted by atomic mass is 16.5. The van der Waals surface area contributed by atoms with Crippen LogP contribution >= 0.6 is 0 Å². The molecule has 10 aliphatic rings. The first kappa shape index (κ1) is 34.5. The van der Waals surface area contributed by atoms with Crippen LogP contribution in [-0.2, 0) is 23.9 Å². The van der Waals surface area contributed by atoms with Crippen molar-refractivity contribution in [1.82, 2.24) is 0 Å². The summed E-state index contributed by atoms with van der Waals surface area (Å²) in [6, 6.07) is 0. The number of esters is 1. The molecule has 1 heterocycles. The van der Waals surface area contributed by atoms with E-state index in [9.17, 15) is 19.2 Å². The van der Waals surface area contributed by atoms with Gasteiger partial charge in [0, 0.05) is 23.7 Å². The highest BCUT2D eigenvalue weighted by Gasteiger charge is 2.70. The summed E-state index contributed by atoms with van der Waals surface area (Å²) >= 11 is 0. The molecule has 5 unspecified atom stereocenters. The number of ether oxygens (including phenoxy) is 1. The molecule has 0 radical (unpaired) electrons. The zero-order valence-corrected chi connectivity index (χ0v) is 32.1. The molecule has 51 heavy (non-hydrogen) atoms. The van der Waals surface area contributed by atoms with Crippen molar-refractivity contribution in [1.29, 1.82) is 0 Å². The molecule has 5 heteroatoms. The molecule has 0 bridgehead atoms. The van der Waals surface area contributed by atoms with Crippen molar-refractivity contribution in [3.8, 4) is 0 Å². The first-order valence-corrected chi connectivity index (χ1v) is 21.1. The molecule has 13 atom stereocenters. The molecular formula is C46H62O5. The van der Waals surface area contributed by atoms with Gasteiger partial charge >= 0.3 is 5.97 Å². The van der Waals surface area contributed by atoms with Crippen molar-refractivity contribution >= 4 is 23.3 Å². The molecule has 0 amide bonds. The first-order chi connectivity index (χ1) is 24.2. The molecule has 2 spiro atoms. The van der Waals surface area contributed by atoms with Crippen molar-refractivity contribution in [3.05, 3.63) is 35.5 Å². The molecule has 276 valence electrons. The standard InChI is InChI=1S/C23H32O3.C23H30O2/c1-14-12-15-13-16(24)4-7-21(15,2)17-5-8-22(3)18(19(14)17)6-9-23(22)10-11-26-20(23)25;1-21-11-7-16(24)14-15(21)5-6-17-18(21)8-12-22(2)19(17)9-13-23(22)10-3-4-20(23)25/h13-14,17-19H,4-12H2,1-3H3;7,11,14,17-19H,3-6,8-10,12-13H2,1-2H3/t14?,17-,18?,19?,21+,22+,23-;17?,18-,19?,21+,22+,23+/m00/s1. The zero-order valence-electron chi connectivity index (χ0n) is 32.1. The molecule has 1 saturated heterocycles. The molecule has 9 aliphatic carbocycles. The van der Waals surface area contributed by atoms with Gasteiger partial charge in [-0.1, -0.05) is 51.8 Å². The van der Waals surface area contributed by atoms with Crippen molar-refractivity contribution < 1.29 is 23.9 Å². The number of hydrogen-bond donors (Lipinski definition) is 0. The zero-order chi connectivity index (χ0) is 35.8. The van der Waals surface area contributed by atoms with Crippen molar-refractivity contribution in [2.75, 3.05) is 6.61 Å². The van der Waals surface area contributed by atoms with E-state index in [4.69, 9.17) is 4.74 Å². The number of cyclic esters (lactones) is 1. The van der Waals surface area contributed by atoms with Crippen LogP contribution in [0.5, 0.6) is 0 Å². The molecule has 0 N–H and O–H groups in total. The Labute approximate surface area is 306 Å². The van der Waals surface area contributed by atoms with Crippen LogP contribution in [0.2, 0.25) is 0 Å². The lowest BCUT2D eigenvalue weighted by Gasteiger charge is -2.61. The molecule has 5 nitrogen and oxygen atoms in total. The predicted molar refractivity (Wildman–Crippen MR) is 197 cm³/mol. The number of ketones is 3. The van der Waals surface area contributed by atoms with E-state index in [2.05, 4.69) is 40.7 Å². The summed E-state index contributed by atoms with van der Waals surface area (Å²) in [6.07, 6.45) is 26.5. The summed E-state index contributed by atoms with van der Waals surface area (Å²) in [5.41, 5.74) is 3.23. The normalized spacial score (nSPS) is 52.1. The maximum Gasteiger partial charge on any atom is 0.312 e. The Balaban J connectivity index is 0.000000137. The van der Waals surface area contributed by atoms with Gasteiger partial charge in [-0.15, -0.1) is 0 Å².